The molecule has 1 aromatic carbocycles. The molecule has 3 N–H and O–H groups in total. The third-order valence-electron chi connectivity index (χ3n) is 4.47. The molecule has 144 valence electrons. The fourth-order valence-corrected chi connectivity index (χ4v) is 2.90. The van der Waals surface area contributed by atoms with Gasteiger partial charge in [-0.1, -0.05) is 50.3 Å². The first kappa shape index (κ1) is 21.9. The fourth-order valence-electron chi connectivity index (χ4n) is 2.90. The zero-order valence-electron chi connectivity index (χ0n) is 15.5. The van der Waals surface area contributed by atoms with Crippen molar-refractivity contribution >= 4 is 0 Å². The number of benzene rings is 1. The van der Waals surface area contributed by atoms with Crippen molar-refractivity contribution in [3.8, 4) is 5.75 Å². The summed E-state index contributed by atoms with van der Waals surface area (Å²) in [5.41, 5.74) is 0. The number of aliphatic hydroxyl groups is 3. The van der Waals surface area contributed by atoms with Gasteiger partial charge in [0.05, 0.1) is 18.8 Å². The molecule has 0 aliphatic carbocycles. The Labute approximate surface area is 152 Å². The van der Waals surface area contributed by atoms with Gasteiger partial charge in [0, 0.05) is 6.61 Å². The number of hydrogen-bond donors (Lipinski definition) is 3. The Morgan fingerprint density at radius 3 is 1.88 bits per heavy atom. The van der Waals surface area contributed by atoms with Crippen LogP contribution in [-0.2, 0) is 0 Å². The summed E-state index contributed by atoms with van der Waals surface area (Å²) in [7, 11) is 0. The normalized spacial score (nSPS) is 13.6. The summed E-state index contributed by atoms with van der Waals surface area (Å²) in [6.07, 6.45) is 9.57. The van der Waals surface area contributed by atoms with E-state index in [4.69, 9.17) is 9.84 Å². The van der Waals surface area contributed by atoms with Crippen LogP contribution >= 0.6 is 0 Å². The number of aliphatic hydroxyl groups excluding tert-OH is 3. The van der Waals surface area contributed by atoms with Crippen molar-refractivity contribution in [2.24, 2.45) is 0 Å². The van der Waals surface area contributed by atoms with Crippen molar-refractivity contribution in [2.45, 2.75) is 82.8 Å². The molecule has 0 saturated carbocycles. The molecular formula is C21H36O4. The summed E-state index contributed by atoms with van der Waals surface area (Å²) in [5.74, 6) is 0.943. The molecule has 2 unspecified atom stereocenters. The summed E-state index contributed by atoms with van der Waals surface area (Å²) >= 11 is 0. The third-order valence-corrected chi connectivity index (χ3v) is 4.47. The van der Waals surface area contributed by atoms with Crippen LogP contribution in [0.5, 0.6) is 5.75 Å². The Kier molecular flexibility index (Phi) is 13.3. The van der Waals surface area contributed by atoms with Crippen molar-refractivity contribution in [1.29, 1.82) is 0 Å². The van der Waals surface area contributed by atoms with E-state index in [-0.39, 0.29) is 18.8 Å². The van der Waals surface area contributed by atoms with Gasteiger partial charge in [0.1, 0.15) is 5.75 Å². The molecule has 0 fully saturated rings. The first-order chi connectivity index (χ1) is 12.2. The van der Waals surface area contributed by atoms with Crippen LogP contribution in [0.4, 0.5) is 0 Å². The Hall–Kier alpha value is -1.10. The molecule has 0 radical (unpaired) electrons. The Morgan fingerprint density at radius 2 is 1.24 bits per heavy atom. The molecular weight excluding hydrogens is 316 g/mol. The number of unbranched alkanes of at least 4 members (excludes halogenated alkanes) is 5. The van der Waals surface area contributed by atoms with Crippen LogP contribution < -0.4 is 4.74 Å². The fraction of sp³-hybridized carbons (Fsp3) is 0.714. The highest BCUT2D eigenvalue weighted by Gasteiger charge is 2.09. The van der Waals surface area contributed by atoms with Crippen LogP contribution in [0.3, 0.4) is 0 Å². The van der Waals surface area contributed by atoms with Gasteiger partial charge in [-0.2, -0.15) is 0 Å². The van der Waals surface area contributed by atoms with Crippen molar-refractivity contribution in [3.05, 3.63) is 30.3 Å². The van der Waals surface area contributed by atoms with Gasteiger partial charge in [-0.25, -0.2) is 0 Å². The van der Waals surface area contributed by atoms with E-state index in [9.17, 15) is 10.2 Å². The van der Waals surface area contributed by atoms with E-state index in [1.807, 2.05) is 30.3 Å². The van der Waals surface area contributed by atoms with Crippen LogP contribution in [-0.4, -0.2) is 40.7 Å². The van der Waals surface area contributed by atoms with Gasteiger partial charge in [0.2, 0.25) is 0 Å². The molecule has 1 aromatic rings. The molecule has 0 heterocycles. The Balaban J connectivity index is 1.84. The molecule has 0 bridgehead atoms. The van der Waals surface area contributed by atoms with Gasteiger partial charge < -0.3 is 20.1 Å². The van der Waals surface area contributed by atoms with Crippen LogP contribution in [0.25, 0.3) is 0 Å². The maximum absolute atomic E-state index is 9.93. The van der Waals surface area contributed by atoms with E-state index < -0.39 is 0 Å². The molecule has 2 atom stereocenters. The molecule has 0 saturated heterocycles. The van der Waals surface area contributed by atoms with Crippen LogP contribution in [0.15, 0.2) is 30.3 Å². The number of hydrogen-bond acceptors (Lipinski definition) is 4. The minimum absolute atomic E-state index is 0.123. The predicted octanol–water partition coefficient (Wildman–Crippen LogP) is 4.07. The molecule has 0 aromatic heterocycles. The van der Waals surface area contributed by atoms with E-state index in [1.165, 1.54) is 19.3 Å². The maximum atomic E-state index is 9.93. The summed E-state index contributed by atoms with van der Waals surface area (Å²) in [4.78, 5) is 0. The van der Waals surface area contributed by atoms with Crippen molar-refractivity contribution in [1.82, 2.24) is 0 Å². The van der Waals surface area contributed by atoms with Crippen LogP contribution in [0.2, 0.25) is 0 Å². The topological polar surface area (TPSA) is 69.9 Å². The van der Waals surface area contributed by atoms with E-state index >= 15 is 0 Å². The second kappa shape index (κ2) is 15.2. The van der Waals surface area contributed by atoms with Gasteiger partial charge in [-0.15, -0.1) is 0 Å². The van der Waals surface area contributed by atoms with Gasteiger partial charge in [-0.3, -0.25) is 0 Å². The van der Waals surface area contributed by atoms with Crippen LogP contribution in [0, 0.1) is 0 Å². The molecule has 4 nitrogen and oxygen atoms in total. The smallest absolute Gasteiger partial charge is 0.119 e. The second-order valence-electron chi connectivity index (χ2n) is 6.82. The highest BCUT2D eigenvalue weighted by molar-refractivity contribution is 5.20. The van der Waals surface area contributed by atoms with E-state index in [2.05, 4.69) is 0 Å². The molecule has 4 heteroatoms. The van der Waals surface area contributed by atoms with E-state index in [0.29, 0.717) is 25.7 Å². The molecule has 0 spiro atoms. The zero-order chi connectivity index (χ0) is 18.2. The van der Waals surface area contributed by atoms with E-state index in [0.717, 1.165) is 38.0 Å². The van der Waals surface area contributed by atoms with E-state index in [1.54, 1.807) is 0 Å². The minimum Gasteiger partial charge on any atom is -0.494 e. The average molecular weight is 353 g/mol. The van der Waals surface area contributed by atoms with Gasteiger partial charge in [0.15, 0.2) is 0 Å². The number of para-hydroxylation sites is 1. The maximum Gasteiger partial charge on any atom is 0.119 e. The third kappa shape index (κ3) is 12.9. The quantitative estimate of drug-likeness (QED) is 0.392. The zero-order valence-corrected chi connectivity index (χ0v) is 15.5. The van der Waals surface area contributed by atoms with Gasteiger partial charge in [-0.05, 0) is 50.7 Å². The SMILES string of the molecule is OCCCC(O)CCC(O)CCCCCCCCOc1ccccc1. The van der Waals surface area contributed by atoms with Crippen LogP contribution in [0.1, 0.15) is 70.6 Å². The lowest BCUT2D eigenvalue weighted by Gasteiger charge is -2.13. The first-order valence-electron chi connectivity index (χ1n) is 9.87. The largest absolute Gasteiger partial charge is 0.494 e. The predicted molar refractivity (Wildman–Crippen MR) is 102 cm³/mol. The summed E-state index contributed by atoms with van der Waals surface area (Å²) in [5, 5.41) is 28.3. The van der Waals surface area contributed by atoms with Crippen molar-refractivity contribution < 1.29 is 20.1 Å². The molecule has 0 amide bonds. The summed E-state index contributed by atoms with van der Waals surface area (Å²) in [6.45, 7) is 0.902. The monoisotopic (exact) mass is 352 g/mol. The van der Waals surface area contributed by atoms with Gasteiger partial charge >= 0.3 is 0 Å². The summed E-state index contributed by atoms with van der Waals surface area (Å²) < 4.78 is 5.67. The highest BCUT2D eigenvalue weighted by atomic mass is 16.5. The Morgan fingerprint density at radius 1 is 0.680 bits per heavy atom. The second-order valence-corrected chi connectivity index (χ2v) is 6.82. The average Bonchev–Trinajstić information content (AvgIpc) is 2.64. The van der Waals surface area contributed by atoms with Crippen molar-refractivity contribution in [2.75, 3.05) is 13.2 Å². The van der Waals surface area contributed by atoms with Gasteiger partial charge in [0.25, 0.3) is 0 Å². The lowest BCUT2D eigenvalue weighted by Crippen LogP contribution is -2.13. The number of rotatable bonds is 16. The molecule has 25 heavy (non-hydrogen) atoms. The minimum atomic E-state index is -0.389. The Bertz CT molecular complexity index is 396. The standard InChI is InChI=1S/C21H36O4/c22-17-10-12-20(24)16-15-19(23)11-6-3-1-2-4-9-18-25-21-13-7-5-8-14-21/h5,7-8,13-14,19-20,22-24H,1-4,6,9-12,15-18H2. The highest BCUT2D eigenvalue weighted by Crippen LogP contribution is 2.14. The molecule has 1 rings (SSSR count). The summed E-state index contributed by atoms with van der Waals surface area (Å²) in [6, 6.07) is 9.93. The van der Waals surface area contributed by atoms with Crippen molar-refractivity contribution in [3.63, 3.8) is 0 Å². The number of ether oxygens (including phenoxy) is 1. The first-order valence-corrected chi connectivity index (χ1v) is 9.87. The molecule has 0 aliphatic rings. The lowest BCUT2D eigenvalue weighted by molar-refractivity contribution is 0.0977. The molecule has 0 aliphatic heterocycles. The lowest BCUT2D eigenvalue weighted by atomic mass is 10.0.